The van der Waals surface area contributed by atoms with Gasteiger partial charge in [-0.05, 0) is 36.6 Å². The summed E-state index contributed by atoms with van der Waals surface area (Å²) in [6, 6.07) is 13.3. The number of benzene rings is 2. The molecule has 31 heavy (non-hydrogen) atoms. The fraction of sp³-hybridized carbons (Fsp3) is 0.292. The lowest BCUT2D eigenvalue weighted by Crippen LogP contribution is -2.33. The number of nitrogens with one attached hydrogen (secondary N) is 1. The van der Waals surface area contributed by atoms with Crippen LogP contribution in [0.1, 0.15) is 35.2 Å². The molecule has 1 heterocycles. The average molecular weight is 420 g/mol. The summed E-state index contributed by atoms with van der Waals surface area (Å²) in [6.07, 6.45) is 3.08. The maximum atomic E-state index is 12.9. The van der Waals surface area contributed by atoms with Gasteiger partial charge < -0.3 is 19.4 Å². The molecule has 0 spiro atoms. The van der Waals surface area contributed by atoms with Gasteiger partial charge in [-0.2, -0.15) is 0 Å². The average Bonchev–Trinajstić information content (AvgIpc) is 3.53. The van der Waals surface area contributed by atoms with E-state index in [1.807, 2.05) is 47.0 Å². The second-order valence-corrected chi connectivity index (χ2v) is 7.65. The molecule has 0 atom stereocenters. The van der Waals surface area contributed by atoms with Gasteiger partial charge in [-0.1, -0.05) is 24.3 Å². The minimum absolute atomic E-state index is 0.0787. The predicted molar refractivity (Wildman–Crippen MR) is 116 cm³/mol. The molecule has 0 unspecified atom stereocenters. The third-order valence-electron chi connectivity index (χ3n) is 5.38. The quantitative estimate of drug-likeness (QED) is 0.327. The lowest BCUT2D eigenvalue weighted by molar-refractivity contribution is -0.137. The molecule has 2 aromatic carbocycles. The maximum absolute atomic E-state index is 12.9. The standard InChI is InChI=1S/C24H24N2O5/c1-30-22-10-7-15(11-23(22)31-2)13-26-14-18(17-5-3-4-6-19(17)26)20(27)12-21(28)24(29)25-16-8-9-16/h3-7,10-11,14,16H,8-9,12-13H2,1-2H3,(H,25,29). The van der Waals surface area contributed by atoms with Crippen LogP contribution in [0.25, 0.3) is 10.9 Å². The van der Waals surface area contributed by atoms with Crippen molar-refractivity contribution in [3.8, 4) is 11.5 Å². The monoisotopic (exact) mass is 420 g/mol. The molecule has 1 aliphatic carbocycles. The van der Waals surface area contributed by atoms with E-state index in [9.17, 15) is 14.4 Å². The number of aromatic nitrogens is 1. The van der Waals surface area contributed by atoms with E-state index in [1.54, 1.807) is 20.4 Å². The number of Topliss-reactive ketones (excluding diaryl/α,β-unsaturated/α-hetero) is 2. The molecular formula is C24H24N2O5. The summed E-state index contributed by atoms with van der Waals surface area (Å²) in [7, 11) is 3.17. The summed E-state index contributed by atoms with van der Waals surface area (Å²) in [6.45, 7) is 0.504. The van der Waals surface area contributed by atoms with E-state index in [4.69, 9.17) is 9.47 Å². The first-order chi connectivity index (χ1) is 15.0. The third kappa shape index (κ3) is 4.45. The second-order valence-electron chi connectivity index (χ2n) is 7.65. The summed E-state index contributed by atoms with van der Waals surface area (Å²) in [5.41, 5.74) is 2.27. The number of para-hydroxylation sites is 1. The molecule has 1 fully saturated rings. The fourth-order valence-corrected chi connectivity index (χ4v) is 3.59. The number of methoxy groups -OCH3 is 2. The van der Waals surface area contributed by atoms with Crippen molar-refractivity contribution in [2.45, 2.75) is 31.8 Å². The first kappa shape index (κ1) is 20.7. The van der Waals surface area contributed by atoms with Crippen LogP contribution in [0.2, 0.25) is 0 Å². The Labute approximate surface area is 179 Å². The molecular weight excluding hydrogens is 396 g/mol. The van der Waals surface area contributed by atoms with Crippen molar-refractivity contribution in [2.24, 2.45) is 0 Å². The van der Waals surface area contributed by atoms with Gasteiger partial charge in [0.2, 0.25) is 5.78 Å². The van der Waals surface area contributed by atoms with Gasteiger partial charge in [0.05, 0.1) is 20.6 Å². The molecule has 1 N–H and O–H groups in total. The largest absolute Gasteiger partial charge is 0.493 e. The van der Waals surface area contributed by atoms with Crippen molar-refractivity contribution in [3.05, 3.63) is 59.8 Å². The van der Waals surface area contributed by atoms with Crippen LogP contribution in [-0.2, 0) is 16.1 Å². The van der Waals surface area contributed by atoms with Gasteiger partial charge in [-0.15, -0.1) is 0 Å². The van der Waals surface area contributed by atoms with Crippen LogP contribution >= 0.6 is 0 Å². The minimum Gasteiger partial charge on any atom is -0.493 e. The van der Waals surface area contributed by atoms with Crippen molar-refractivity contribution in [1.29, 1.82) is 0 Å². The van der Waals surface area contributed by atoms with E-state index < -0.39 is 18.1 Å². The number of amides is 1. The SMILES string of the molecule is COc1ccc(Cn2cc(C(=O)CC(=O)C(=O)NC3CC3)c3ccccc32)cc1OC. The summed E-state index contributed by atoms with van der Waals surface area (Å²) < 4.78 is 12.6. The van der Waals surface area contributed by atoms with Crippen LogP contribution in [0.4, 0.5) is 0 Å². The fourth-order valence-electron chi connectivity index (χ4n) is 3.59. The maximum Gasteiger partial charge on any atom is 0.288 e. The van der Waals surface area contributed by atoms with Crippen LogP contribution < -0.4 is 14.8 Å². The van der Waals surface area contributed by atoms with Gasteiger partial charge in [0.1, 0.15) is 0 Å². The van der Waals surface area contributed by atoms with Gasteiger partial charge in [0.25, 0.3) is 5.91 Å². The molecule has 0 aliphatic heterocycles. The van der Waals surface area contributed by atoms with E-state index >= 15 is 0 Å². The highest BCUT2D eigenvalue weighted by Gasteiger charge is 2.28. The van der Waals surface area contributed by atoms with Gasteiger partial charge in [-0.3, -0.25) is 14.4 Å². The number of carbonyl (C=O) groups excluding carboxylic acids is 3. The van der Waals surface area contributed by atoms with Crippen LogP contribution in [0.3, 0.4) is 0 Å². The highest BCUT2D eigenvalue weighted by atomic mass is 16.5. The number of hydrogen-bond acceptors (Lipinski definition) is 5. The van der Waals surface area contributed by atoms with E-state index in [-0.39, 0.29) is 11.8 Å². The zero-order chi connectivity index (χ0) is 22.0. The summed E-state index contributed by atoms with van der Waals surface area (Å²) in [5.74, 6) is -0.473. The molecule has 160 valence electrons. The van der Waals surface area contributed by atoms with E-state index in [1.165, 1.54) is 0 Å². The molecule has 7 nitrogen and oxygen atoms in total. The van der Waals surface area contributed by atoms with E-state index in [0.29, 0.717) is 23.6 Å². The Morgan fingerprint density at radius 3 is 2.48 bits per heavy atom. The zero-order valence-electron chi connectivity index (χ0n) is 17.5. The topological polar surface area (TPSA) is 86.6 Å². The minimum atomic E-state index is -0.700. The van der Waals surface area contributed by atoms with Gasteiger partial charge in [-0.25, -0.2) is 0 Å². The predicted octanol–water partition coefficient (Wildman–Crippen LogP) is 3.13. The number of ketones is 2. The normalized spacial score (nSPS) is 13.1. The molecule has 1 amide bonds. The Bertz CT molecular complexity index is 1160. The Hall–Kier alpha value is -3.61. The van der Waals surface area contributed by atoms with Gasteiger partial charge >= 0.3 is 0 Å². The number of ether oxygens (including phenoxy) is 2. The molecule has 1 aliphatic rings. The molecule has 0 saturated heterocycles. The summed E-state index contributed by atoms with van der Waals surface area (Å²) >= 11 is 0. The number of hydrogen-bond donors (Lipinski definition) is 1. The molecule has 3 aromatic rings. The number of rotatable bonds is 9. The molecule has 0 bridgehead atoms. The Morgan fingerprint density at radius 1 is 1.03 bits per heavy atom. The van der Waals surface area contributed by atoms with E-state index in [0.717, 1.165) is 29.3 Å². The molecule has 7 heteroatoms. The third-order valence-corrected chi connectivity index (χ3v) is 5.38. The number of fused-ring (bicyclic) bond motifs is 1. The van der Waals surface area contributed by atoms with E-state index in [2.05, 4.69) is 5.32 Å². The molecule has 1 saturated carbocycles. The number of nitrogens with zero attached hydrogens (tertiary/aromatic N) is 1. The first-order valence-electron chi connectivity index (χ1n) is 10.2. The van der Waals surface area contributed by atoms with Crippen molar-refractivity contribution in [3.63, 3.8) is 0 Å². The lowest BCUT2D eigenvalue weighted by atomic mass is 10.0. The van der Waals surface area contributed by atoms with Gasteiger partial charge in [0, 0.05) is 35.2 Å². The Balaban J connectivity index is 1.59. The molecule has 1 aromatic heterocycles. The lowest BCUT2D eigenvalue weighted by Gasteiger charge is -2.11. The van der Waals surface area contributed by atoms with Crippen molar-refractivity contribution < 1.29 is 23.9 Å². The number of carbonyl (C=O) groups is 3. The molecule has 0 radical (unpaired) electrons. The van der Waals surface area contributed by atoms with Crippen LogP contribution in [0, 0.1) is 0 Å². The van der Waals surface area contributed by atoms with Crippen LogP contribution in [-0.4, -0.2) is 42.3 Å². The molecule has 4 rings (SSSR count). The van der Waals surface area contributed by atoms with Crippen molar-refractivity contribution >= 4 is 28.4 Å². The van der Waals surface area contributed by atoms with Crippen LogP contribution in [0.5, 0.6) is 11.5 Å². The highest BCUT2D eigenvalue weighted by Crippen LogP contribution is 2.29. The van der Waals surface area contributed by atoms with Crippen molar-refractivity contribution in [1.82, 2.24) is 9.88 Å². The summed E-state index contributed by atoms with van der Waals surface area (Å²) in [5, 5.41) is 3.39. The Kier molecular flexibility index (Phi) is 5.75. The second kappa shape index (κ2) is 8.63. The smallest absolute Gasteiger partial charge is 0.288 e. The van der Waals surface area contributed by atoms with Crippen molar-refractivity contribution in [2.75, 3.05) is 14.2 Å². The van der Waals surface area contributed by atoms with Crippen LogP contribution in [0.15, 0.2) is 48.7 Å². The first-order valence-corrected chi connectivity index (χ1v) is 10.2. The zero-order valence-corrected chi connectivity index (χ0v) is 17.5. The highest BCUT2D eigenvalue weighted by molar-refractivity contribution is 6.40. The summed E-state index contributed by atoms with van der Waals surface area (Å²) in [4.78, 5) is 37.0. The Morgan fingerprint density at radius 2 is 1.77 bits per heavy atom. The van der Waals surface area contributed by atoms with Gasteiger partial charge in [0.15, 0.2) is 17.3 Å².